The first-order valence-corrected chi connectivity index (χ1v) is 6.71. The third-order valence-corrected chi connectivity index (χ3v) is 4.00. The minimum Gasteiger partial charge on any atom is -0.314 e. The molecule has 2 fully saturated rings. The summed E-state index contributed by atoms with van der Waals surface area (Å²) in [6.07, 6.45) is 5.62. The fourth-order valence-corrected chi connectivity index (χ4v) is 2.65. The molecule has 1 saturated carbocycles. The molecule has 2 aliphatic rings. The number of hydrogen-bond donors (Lipinski definition) is 1. The highest BCUT2D eigenvalue weighted by atomic mass is 15.1. The van der Waals surface area contributed by atoms with Crippen LogP contribution in [0.15, 0.2) is 0 Å². The van der Waals surface area contributed by atoms with Gasteiger partial charge < -0.3 is 10.2 Å². The first-order valence-electron chi connectivity index (χ1n) is 6.71. The van der Waals surface area contributed by atoms with Gasteiger partial charge in [-0.2, -0.15) is 0 Å². The largest absolute Gasteiger partial charge is 0.314 e. The van der Waals surface area contributed by atoms with E-state index < -0.39 is 0 Å². The van der Waals surface area contributed by atoms with Crippen molar-refractivity contribution in [3.8, 4) is 0 Å². The van der Waals surface area contributed by atoms with Gasteiger partial charge in [-0.1, -0.05) is 6.92 Å². The van der Waals surface area contributed by atoms with Crippen LogP contribution in [0.25, 0.3) is 0 Å². The van der Waals surface area contributed by atoms with Crippen LogP contribution < -0.4 is 5.32 Å². The van der Waals surface area contributed by atoms with E-state index >= 15 is 0 Å². The lowest BCUT2D eigenvalue weighted by Crippen LogP contribution is -2.40. The van der Waals surface area contributed by atoms with E-state index in [9.17, 15) is 0 Å². The monoisotopic (exact) mass is 210 g/mol. The van der Waals surface area contributed by atoms with Gasteiger partial charge in [0.15, 0.2) is 0 Å². The standard InChI is InChI=1S/C13H26N2/c1-11(13-4-5-13)10-15-8-3-7-14-12(2)6-9-15/h11-14H,3-10H2,1-2H3. The van der Waals surface area contributed by atoms with Gasteiger partial charge in [-0.05, 0) is 64.1 Å². The van der Waals surface area contributed by atoms with E-state index in [1.165, 1.54) is 51.9 Å². The van der Waals surface area contributed by atoms with Crippen molar-refractivity contribution in [3.63, 3.8) is 0 Å². The molecule has 2 unspecified atom stereocenters. The van der Waals surface area contributed by atoms with Crippen molar-refractivity contribution in [2.75, 3.05) is 26.2 Å². The molecule has 0 amide bonds. The molecule has 2 heteroatoms. The zero-order valence-electron chi connectivity index (χ0n) is 10.3. The van der Waals surface area contributed by atoms with E-state index in [0.717, 1.165) is 11.8 Å². The molecular formula is C13H26N2. The van der Waals surface area contributed by atoms with Gasteiger partial charge in [0.1, 0.15) is 0 Å². The molecule has 2 rings (SSSR count). The molecule has 1 aliphatic heterocycles. The highest BCUT2D eigenvalue weighted by Gasteiger charge is 2.29. The van der Waals surface area contributed by atoms with Gasteiger partial charge in [-0.25, -0.2) is 0 Å². The SMILES string of the molecule is CC1CCN(CC(C)C2CC2)CCCN1. The third-order valence-electron chi connectivity index (χ3n) is 4.00. The Morgan fingerprint density at radius 1 is 1.27 bits per heavy atom. The van der Waals surface area contributed by atoms with Crippen molar-refractivity contribution in [1.29, 1.82) is 0 Å². The van der Waals surface area contributed by atoms with Crippen molar-refractivity contribution in [2.24, 2.45) is 11.8 Å². The van der Waals surface area contributed by atoms with Crippen LogP contribution in [0.4, 0.5) is 0 Å². The lowest BCUT2D eigenvalue weighted by molar-refractivity contribution is 0.201. The Hall–Kier alpha value is -0.0800. The van der Waals surface area contributed by atoms with Crippen molar-refractivity contribution < 1.29 is 0 Å². The highest BCUT2D eigenvalue weighted by Crippen LogP contribution is 2.36. The molecule has 1 saturated heterocycles. The molecule has 2 atom stereocenters. The lowest BCUT2D eigenvalue weighted by atomic mass is 10.0. The summed E-state index contributed by atoms with van der Waals surface area (Å²) in [4.78, 5) is 2.69. The maximum Gasteiger partial charge on any atom is 0.00509 e. The van der Waals surface area contributed by atoms with Gasteiger partial charge in [0.25, 0.3) is 0 Å². The van der Waals surface area contributed by atoms with Crippen LogP contribution in [0.2, 0.25) is 0 Å². The molecule has 0 spiro atoms. The van der Waals surface area contributed by atoms with Gasteiger partial charge in [-0.15, -0.1) is 0 Å². The summed E-state index contributed by atoms with van der Waals surface area (Å²) in [7, 11) is 0. The Morgan fingerprint density at radius 3 is 2.80 bits per heavy atom. The van der Waals surface area contributed by atoms with E-state index in [1.807, 2.05) is 0 Å². The summed E-state index contributed by atoms with van der Waals surface area (Å²) < 4.78 is 0. The maximum atomic E-state index is 3.57. The predicted octanol–water partition coefficient (Wildman–Crippen LogP) is 2.11. The van der Waals surface area contributed by atoms with E-state index in [4.69, 9.17) is 0 Å². The Balaban J connectivity index is 1.73. The normalized spacial score (nSPS) is 32.0. The van der Waals surface area contributed by atoms with E-state index in [0.29, 0.717) is 6.04 Å². The maximum absolute atomic E-state index is 3.57. The van der Waals surface area contributed by atoms with Crippen molar-refractivity contribution in [2.45, 2.75) is 45.6 Å². The molecule has 0 aromatic rings. The van der Waals surface area contributed by atoms with E-state index in [1.54, 1.807) is 0 Å². The first-order chi connectivity index (χ1) is 7.25. The minimum atomic E-state index is 0.712. The average Bonchev–Trinajstić information content (AvgIpc) is 3.00. The molecule has 15 heavy (non-hydrogen) atoms. The molecule has 2 nitrogen and oxygen atoms in total. The van der Waals surface area contributed by atoms with Crippen LogP contribution in [0.3, 0.4) is 0 Å². The second-order valence-corrected chi connectivity index (χ2v) is 5.61. The van der Waals surface area contributed by atoms with E-state index in [-0.39, 0.29) is 0 Å². The van der Waals surface area contributed by atoms with Crippen molar-refractivity contribution in [3.05, 3.63) is 0 Å². The van der Waals surface area contributed by atoms with Gasteiger partial charge >= 0.3 is 0 Å². The van der Waals surface area contributed by atoms with Gasteiger partial charge in [0.05, 0.1) is 0 Å². The second kappa shape index (κ2) is 5.31. The van der Waals surface area contributed by atoms with Gasteiger partial charge in [0.2, 0.25) is 0 Å². The molecule has 1 aliphatic carbocycles. The van der Waals surface area contributed by atoms with E-state index in [2.05, 4.69) is 24.1 Å². The quantitative estimate of drug-likeness (QED) is 0.767. The molecule has 1 heterocycles. The summed E-state index contributed by atoms with van der Waals surface area (Å²) >= 11 is 0. The zero-order chi connectivity index (χ0) is 10.7. The number of nitrogens with one attached hydrogen (secondary N) is 1. The van der Waals surface area contributed by atoms with Crippen LogP contribution in [-0.4, -0.2) is 37.1 Å². The molecular weight excluding hydrogens is 184 g/mol. The van der Waals surface area contributed by atoms with Crippen LogP contribution in [0.1, 0.15) is 39.5 Å². The van der Waals surface area contributed by atoms with Crippen LogP contribution in [0.5, 0.6) is 0 Å². The minimum absolute atomic E-state index is 0.712. The number of rotatable bonds is 3. The summed E-state index contributed by atoms with van der Waals surface area (Å²) in [5, 5.41) is 3.57. The molecule has 0 bridgehead atoms. The summed E-state index contributed by atoms with van der Waals surface area (Å²) in [5.74, 6) is 2.00. The van der Waals surface area contributed by atoms with Crippen LogP contribution in [0, 0.1) is 11.8 Å². The first kappa shape index (κ1) is 11.4. The van der Waals surface area contributed by atoms with Gasteiger partial charge in [0, 0.05) is 12.6 Å². The number of nitrogens with zero attached hydrogens (tertiary/aromatic N) is 1. The third kappa shape index (κ3) is 3.76. The summed E-state index contributed by atoms with van der Waals surface area (Å²) in [6.45, 7) is 9.90. The van der Waals surface area contributed by atoms with Crippen molar-refractivity contribution in [1.82, 2.24) is 10.2 Å². The molecule has 88 valence electrons. The van der Waals surface area contributed by atoms with Crippen LogP contribution >= 0.6 is 0 Å². The van der Waals surface area contributed by atoms with Gasteiger partial charge in [-0.3, -0.25) is 0 Å². The zero-order valence-corrected chi connectivity index (χ0v) is 10.3. The topological polar surface area (TPSA) is 15.3 Å². The molecule has 0 aromatic carbocycles. The van der Waals surface area contributed by atoms with Crippen LogP contribution in [-0.2, 0) is 0 Å². The predicted molar refractivity (Wildman–Crippen MR) is 65.0 cm³/mol. The fraction of sp³-hybridized carbons (Fsp3) is 1.00. The Morgan fingerprint density at radius 2 is 2.07 bits per heavy atom. The molecule has 0 aromatic heterocycles. The fourth-order valence-electron chi connectivity index (χ4n) is 2.65. The Kier molecular flexibility index (Phi) is 4.04. The molecule has 1 N–H and O–H groups in total. The van der Waals surface area contributed by atoms with Crippen molar-refractivity contribution >= 4 is 0 Å². The molecule has 0 radical (unpaired) electrons. The second-order valence-electron chi connectivity index (χ2n) is 5.61. The Bertz CT molecular complexity index is 189. The summed E-state index contributed by atoms with van der Waals surface area (Å²) in [6, 6.07) is 0.712. The Labute approximate surface area is 94.4 Å². The average molecular weight is 210 g/mol. The highest BCUT2D eigenvalue weighted by molar-refractivity contribution is 4.81. The summed E-state index contributed by atoms with van der Waals surface area (Å²) in [5.41, 5.74) is 0. The smallest absolute Gasteiger partial charge is 0.00509 e. The lowest BCUT2D eigenvalue weighted by Gasteiger charge is -2.29. The number of hydrogen-bond acceptors (Lipinski definition) is 2.